The molecule has 0 saturated heterocycles. The number of rotatable bonds is 2. The Labute approximate surface area is 150 Å². The van der Waals surface area contributed by atoms with Crippen molar-refractivity contribution < 1.29 is 9.53 Å². The number of hydrogen-bond donors (Lipinski definition) is 1. The molecule has 0 spiro atoms. The van der Waals surface area contributed by atoms with Gasteiger partial charge in [-0.15, -0.1) is 11.3 Å². The lowest BCUT2D eigenvalue weighted by Gasteiger charge is -2.22. The van der Waals surface area contributed by atoms with Crippen molar-refractivity contribution in [1.82, 2.24) is 10.3 Å². The van der Waals surface area contributed by atoms with Gasteiger partial charge in [0.1, 0.15) is 10.6 Å². The Morgan fingerprint density at radius 3 is 3.00 bits per heavy atom. The predicted octanol–water partition coefficient (Wildman–Crippen LogP) is 5.41. The van der Waals surface area contributed by atoms with E-state index in [1.54, 1.807) is 11.3 Å². The van der Waals surface area contributed by atoms with E-state index in [2.05, 4.69) is 16.4 Å². The third kappa shape index (κ3) is 4.28. The molecular weight excluding hydrogens is 344 g/mol. The number of alkyl carbamates (subject to hydrolysis) is 1. The molecule has 3 rings (SSSR count). The molecule has 1 aliphatic carbocycles. The minimum Gasteiger partial charge on any atom is -0.444 e. The topological polar surface area (TPSA) is 51.2 Å². The molecule has 128 valence electrons. The molecular formula is C18H21ClN2O2S. The van der Waals surface area contributed by atoms with Gasteiger partial charge < -0.3 is 10.1 Å². The highest BCUT2D eigenvalue weighted by atomic mass is 35.5. The zero-order chi connectivity index (χ0) is 17.3. The number of nitrogens with zero attached hydrogens (tertiary/aromatic N) is 1. The number of fused-ring (bicyclic) bond motifs is 1. The summed E-state index contributed by atoms with van der Waals surface area (Å²) in [5.41, 5.74) is 1.66. The molecule has 1 unspecified atom stereocenters. The predicted molar refractivity (Wildman–Crippen MR) is 99.6 cm³/mol. The lowest BCUT2D eigenvalue weighted by Crippen LogP contribution is -2.38. The van der Waals surface area contributed by atoms with Gasteiger partial charge in [0.2, 0.25) is 0 Å². The van der Waals surface area contributed by atoms with Crippen LogP contribution >= 0.6 is 22.9 Å². The lowest BCUT2D eigenvalue weighted by atomic mass is 10.1. The molecule has 0 aliphatic heterocycles. The van der Waals surface area contributed by atoms with Crippen LogP contribution in [-0.2, 0) is 4.74 Å². The summed E-state index contributed by atoms with van der Waals surface area (Å²) in [7, 11) is 0. The van der Waals surface area contributed by atoms with Crippen LogP contribution in [0.5, 0.6) is 0 Å². The van der Waals surface area contributed by atoms with Crippen LogP contribution < -0.4 is 5.32 Å². The SMILES string of the molecule is CC(C)(C)OC(=O)NC1CCC/C1=C\c1nc2ccc(Cl)cc2s1. The van der Waals surface area contributed by atoms with Crippen molar-refractivity contribution in [2.24, 2.45) is 0 Å². The smallest absolute Gasteiger partial charge is 0.408 e. The first kappa shape index (κ1) is 17.2. The molecule has 6 heteroatoms. The standard InChI is InChI=1S/C18H21ClN2O2S/c1-18(2,3)23-17(22)21-13-6-4-5-11(13)9-16-20-14-8-7-12(19)10-15(14)24-16/h7-10,13H,4-6H2,1-3H3,(H,21,22)/b11-9+. The summed E-state index contributed by atoms with van der Waals surface area (Å²) >= 11 is 7.65. The molecule has 0 bridgehead atoms. The van der Waals surface area contributed by atoms with Crippen LogP contribution in [0.2, 0.25) is 5.02 Å². The Balaban J connectivity index is 1.76. The van der Waals surface area contributed by atoms with Gasteiger partial charge in [-0.25, -0.2) is 9.78 Å². The van der Waals surface area contributed by atoms with Crippen molar-refractivity contribution in [1.29, 1.82) is 0 Å². The fourth-order valence-electron chi connectivity index (χ4n) is 2.79. The zero-order valence-corrected chi connectivity index (χ0v) is 15.6. The highest BCUT2D eigenvalue weighted by molar-refractivity contribution is 7.19. The van der Waals surface area contributed by atoms with Gasteiger partial charge in [-0.3, -0.25) is 0 Å². The maximum absolute atomic E-state index is 12.0. The van der Waals surface area contributed by atoms with Crippen molar-refractivity contribution in [3.05, 3.63) is 33.8 Å². The third-order valence-corrected chi connectivity index (χ3v) is 4.97. The van der Waals surface area contributed by atoms with Crippen LogP contribution in [0.25, 0.3) is 16.3 Å². The zero-order valence-electron chi connectivity index (χ0n) is 14.1. The van der Waals surface area contributed by atoms with Gasteiger partial charge >= 0.3 is 6.09 Å². The third-order valence-electron chi connectivity index (χ3n) is 3.77. The summed E-state index contributed by atoms with van der Waals surface area (Å²) in [6, 6.07) is 5.74. The van der Waals surface area contributed by atoms with E-state index < -0.39 is 5.60 Å². The molecule has 4 nitrogen and oxygen atoms in total. The summed E-state index contributed by atoms with van der Waals surface area (Å²) in [6.45, 7) is 5.60. The Hall–Kier alpha value is -1.59. The average molecular weight is 365 g/mol. The monoisotopic (exact) mass is 364 g/mol. The van der Waals surface area contributed by atoms with Gasteiger partial charge in [0.05, 0.1) is 16.3 Å². The minimum atomic E-state index is -0.487. The van der Waals surface area contributed by atoms with Crippen LogP contribution in [0, 0.1) is 0 Å². The second-order valence-electron chi connectivity index (χ2n) is 6.97. The first-order valence-corrected chi connectivity index (χ1v) is 9.26. The molecule has 1 aromatic heterocycles. The Bertz CT molecular complexity index is 792. The molecule has 1 heterocycles. The van der Waals surface area contributed by atoms with Gasteiger partial charge in [0.15, 0.2) is 0 Å². The Kier molecular flexibility index (Phi) is 4.83. The minimum absolute atomic E-state index is 0.0236. The number of amides is 1. The number of thiazole rings is 1. The van der Waals surface area contributed by atoms with E-state index in [0.717, 1.165) is 39.5 Å². The fourth-order valence-corrected chi connectivity index (χ4v) is 4.01. The molecule has 1 amide bonds. The van der Waals surface area contributed by atoms with E-state index in [0.29, 0.717) is 0 Å². The van der Waals surface area contributed by atoms with E-state index >= 15 is 0 Å². The van der Waals surface area contributed by atoms with Gasteiger partial charge in [0.25, 0.3) is 0 Å². The summed E-state index contributed by atoms with van der Waals surface area (Å²) in [5, 5.41) is 4.64. The fraction of sp³-hybridized carbons (Fsp3) is 0.444. The van der Waals surface area contributed by atoms with Crippen LogP contribution in [-0.4, -0.2) is 22.7 Å². The first-order chi connectivity index (χ1) is 11.3. The van der Waals surface area contributed by atoms with E-state index in [1.165, 1.54) is 5.57 Å². The molecule has 1 atom stereocenters. The Morgan fingerprint density at radius 2 is 2.25 bits per heavy atom. The van der Waals surface area contributed by atoms with Crippen molar-refractivity contribution in [3.63, 3.8) is 0 Å². The molecule has 2 aromatic rings. The summed E-state index contributed by atoms with van der Waals surface area (Å²) < 4.78 is 6.43. The highest BCUT2D eigenvalue weighted by Crippen LogP contribution is 2.31. The molecule has 1 aliphatic rings. The van der Waals surface area contributed by atoms with Crippen molar-refractivity contribution in [2.45, 2.75) is 51.7 Å². The lowest BCUT2D eigenvalue weighted by molar-refractivity contribution is 0.0513. The second kappa shape index (κ2) is 6.73. The number of nitrogens with one attached hydrogen (secondary N) is 1. The van der Waals surface area contributed by atoms with E-state index in [4.69, 9.17) is 16.3 Å². The molecule has 1 aromatic carbocycles. The maximum Gasteiger partial charge on any atom is 0.408 e. The van der Waals surface area contributed by atoms with Crippen molar-refractivity contribution >= 4 is 45.3 Å². The second-order valence-corrected chi connectivity index (χ2v) is 8.47. The number of halogens is 1. The van der Waals surface area contributed by atoms with Crippen LogP contribution in [0.4, 0.5) is 4.79 Å². The Morgan fingerprint density at radius 1 is 1.46 bits per heavy atom. The maximum atomic E-state index is 12.0. The average Bonchev–Trinajstić information content (AvgIpc) is 3.03. The first-order valence-electron chi connectivity index (χ1n) is 8.06. The number of hydrogen-bond acceptors (Lipinski definition) is 4. The summed E-state index contributed by atoms with van der Waals surface area (Å²) in [4.78, 5) is 16.6. The van der Waals surface area contributed by atoms with Gasteiger partial charge in [0, 0.05) is 5.02 Å². The van der Waals surface area contributed by atoms with E-state index in [-0.39, 0.29) is 12.1 Å². The largest absolute Gasteiger partial charge is 0.444 e. The number of carbonyl (C=O) groups is 1. The van der Waals surface area contributed by atoms with E-state index in [1.807, 2.05) is 39.0 Å². The van der Waals surface area contributed by atoms with Crippen molar-refractivity contribution in [3.8, 4) is 0 Å². The van der Waals surface area contributed by atoms with Crippen LogP contribution in [0.1, 0.15) is 45.0 Å². The molecule has 1 fully saturated rings. The van der Waals surface area contributed by atoms with Crippen LogP contribution in [0.3, 0.4) is 0 Å². The van der Waals surface area contributed by atoms with E-state index in [9.17, 15) is 4.79 Å². The number of ether oxygens (including phenoxy) is 1. The van der Waals surface area contributed by atoms with Gasteiger partial charge in [-0.05, 0) is 69.9 Å². The molecule has 1 saturated carbocycles. The normalized spacial score (nSPS) is 19.8. The number of carbonyl (C=O) groups excluding carboxylic acids is 1. The number of aromatic nitrogens is 1. The molecule has 0 radical (unpaired) electrons. The molecule has 1 N–H and O–H groups in total. The van der Waals surface area contributed by atoms with Crippen molar-refractivity contribution in [2.75, 3.05) is 0 Å². The van der Waals surface area contributed by atoms with Crippen LogP contribution in [0.15, 0.2) is 23.8 Å². The number of benzene rings is 1. The molecule has 24 heavy (non-hydrogen) atoms. The summed E-state index contributed by atoms with van der Waals surface area (Å²) in [5.74, 6) is 0. The van der Waals surface area contributed by atoms with Gasteiger partial charge in [-0.1, -0.05) is 11.6 Å². The highest BCUT2D eigenvalue weighted by Gasteiger charge is 2.25. The summed E-state index contributed by atoms with van der Waals surface area (Å²) in [6.07, 6.45) is 4.69. The quantitative estimate of drug-likeness (QED) is 0.775. The van der Waals surface area contributed by atoms with Gasteiger partial charge in [-0.2, -0.15) is 0 Å².